The van der Waals surface area contributed by atoms with Gasteiger partial charge in [-0.2, -0.15) is 13.2 Å². The van der Waals surface area contributed by atoms with E-state index in [9.17, 15) is 23.1 Å². The van der Waals surface area contributed by atoms with Crippen molar-refractivity contribution in [2.24, 2.45) is 0 Å². The summed E-state index contributed by atoms with van der Waals surface area (Å²) < 4.78 is 51.6. The fourth-order valence-electron chi connectivity index (χ4n) is 2.35. The maximum Gasteiger partial charge on any atom is 0.473 e. The standard InChI is InChI=1S/C17H11F3O4/c18-17(19,20)16(23-12-7-2-1-3-8-12)13(15(21)22)10-11-6-4-5-9-14(11)24-16/h1-10H,(H,21,22). The lowest BCUT2D eigenvalue weighted by molar-refractivity contribution is -0.304. The van der Waals surface area contributed by atoms with Crippen LogP contribution in [0.4, 0.5) is 13.2 Å². The number of fused-ring (bicyclic) bond motifs is 1. The first-order chi connectivity index (χ1) is 11.3. The molecule has 0 radical (unpaired) electrons. The molecule has 24 heavy (non-hydrogen) atoms. The normalized spacial score (nSPS) is 19.7. The molecule has 4 nitrogen and oxygen atoms in total. The van der Waals surface area contributed by atoms with Gasteiger partial charge in [0.1, 0.15) is 17.1 Å². The van der Waals surface area contributed by atoms with Gasteiger partial charge in [-0.15, -0.1) is 0 Å². The molecule has 7 heteroatoms. The van der Waals surface area contributed by atoms with Crippen molar-refractivity contribution < 1.29 is 32.5 Å². The van der Waals surface area contributed by atoms with Crippen LogP contribution in [0.1, 0.15) is 5.56 Å². The van der Waals surface area contributed by atoms with Gasteiger partial charge >= 0.3 is 17.9 Å². The van der Waals surface area contributed by atoms with E-state index < -0.39 is 23.5 Å². The van der Waals surface area contributed by atoms with Gasteiger partial charge < -0.3 is 14.6 Å². The molecule has 1 atom stereocenters. The van der Waals surface area contributed by atoms with E-state index in [4.69, 9.17) is 9.47 Å². The van der Waals surface area contributed by atoms with Gasteiger partial charge in [-0.25, -0.2) is 4.79 Å². The lowest BCUT2D eigenvalue weighted by Gasteiger charge is -2.38. The van der Waals surface area contributed by atoms with Gasteiger partial charge in [-0.1, -0.05) is 36.4 Å². The van der Waals surface area contributed by atoms with E-state index in [1.54, 1.807) is 12.1 Å². The van der Waals surface area contributed by atoms with Crippen LogP contribution in [0.5, 0.6) is 11.5 Å². The van der Waals surface area contributed by atoms with Crippen LogP contribution in [0.3, 0.4) is 0 Å². The largest absolute Gasteiger partial charge is 0.478 e. The first-order valence-electron chi connectivity index (χ1n) is 6.88. The van der Waals surface area contributed by atoms with Crippen molar-refractivity contribution in [3.05, 3.63) is 65.7 Å². The number of rotatable bonds is 3. The molecule has 1 heterocycles. The number of hydrogen-bond donors (Lipinski definition) is 1. The zero-order chi connectivity index (χ0) is 17.4. The zero-order valence-electron chi connectivity index (χ0n) is 12.1. The first-order valence-corrected chi connectivity index (χ1v) is 6.88. The van der Waals surface area contributed by atoms with Gasteiger partial charge in [0.15, 0.2) is 0 Å². The van der Waals surface area contributed by atoms with Crippen LogP contribution in [0.2, 0.25) is 0 Å². The van der Waals surface area contributed by atoms with Gasteiger partial charge in [-0.3, -0.25) is 0 Å². The molecular weight excluding hydrogens is 325 g/mol. The molecule has 0 aromatic heterocycles. The Labute approximate surface area is 134 Å². The molecule has 2 aromatic rings. The average molecular weight is 336 g/mol. The van der Waals surface area contributed by atoms with E-state index in [1.807, 2.05) is 0 Å². The summed E-state index contributed by atoms with van der Waals surface area (Å²) >= 11 is 0. The van der Waals surface area contributed by atoms with Crippen LogP contribution >= 0.6 is 0 Å². The molecular formula is C17H11F3O4. The SMILES string of the molecule is O=C(O)C1=Cc2ccccc2OC1(Oc1ccccc1)C(F)(F)F. The monoisotopic (exact) mass is 336 g/mol. The summed E-state index contributed by atoms with van der Waals surface area (Å²) in [4.78, 5) is 11.5. The Hall–Kier alpha value is -2.96. The lowest BCUT2D eigenvalue weighted by Crippen LogP contribution is -2.59. The molecule has 0 saturated heterocycles. The van der Waals surface area contributed by atoms with Gasteiger partial charge in [0, 0.05) is 5.56 Å². The topological polar surface area (TPSA) is 55.8 Å². The molecule has 0 spiro atoms. The van der Waals surface area contributed by atoms with Crippen LogP contribution in [0.15, 0.2) is 60.2 Å². The van der Waals surface area contributed by atoms with E-state index in [-0.39, 0.29) is 17.1 Å². The summed E-state index contributed by atoms with van der Waals surface area (Å²) in [5.74, 6) is -5.50. The Morgan fingerprint density at radius 3 is 2.29 bits per heavy atom. The van der Waals surface area contributed by atoms with E-state index in [1.165, 1.54) is 42.5 Å². The molecule has 1 aliphatic heterocycles. The molecule has 0 aliphatic carbocycles. The van der Waals surface area contributed by atoms with Crippen LogP contribution in [0, 0.1) is 0 Å². The number of para-hydroxylation sites is 2. The van der Waals surface area contributed by atoms with Gasteiger partial charge in [0.25, 0.3) is 0 Å². The van der Waals surface area contributed by atoms with Gasteiger partial charge in [0.05, 0.1) is 0 Å². The van der Waals surface area contributed by atoms with Crippen molar-refractivity contribution in [2.45, 2.75) is 12.0 Å². The third-order valence-electron chi connectivity index (χ3n) is 3.44. The molecule has 2 aromatic carbocycles. The van der Waals surface area contributed by atoms with Crippen molar-refractivity contribution >= 4 is 12.0 Å². The highest BCUT2D eigenvalue weighted by atomic mass is 19.4. The third kappa shape index (κ3) is 2.58. The van der Waals surface area contributed by atoms with E-state index >= 15 is 0 Å². The Morgan fingerprint density at radius 1 is 1.04 bits per heavy atom. The number of hydrogen-bond acceptors (Lipinski definition) is 3. The molecule has 1 aliphatic rings. The number of alkyl halides is 3. The molecule has 1 unspecified atom stereocenters. The Balaban J connectivity index is 2.19. The summed E-state index contributed by atoms with van der Waals surface area (Å²) in [5, 5.41) is 9.31. The Morgan fingerprint density at radius 2 is 1.67 bits per heavy atom. The van der Waals surface area contributed by atoms with Crippen molar-refractivity contribution in [1.82, 2.24) is 0 Å². The fraction of sp³-hybridized carbons (Fsp3) is 0.118. The van der Waals surface area contributed by atoms with Crippen molar-refractivity contribution in [3.8, 4) is 11.5 Å². The highest BCUT2D eigenvalue weighted by Crippen LogP contribution is 2.46. The summed E-state index contributed by atoms with van der Waals surface area (Å²) in [6, 6.07) is 13.0. The smallest absolute Gasteiger partial charge is 0.473 e. The quantitative estimate of drug-likeness (QED) is 0.924. The Kier molecular flexibility index (Phi) is 3.71. The molecule has 0 fully saturated rings. The molecule has 0 saturated carbocycles. The number of ether oxygens (including phenoxy) is 2. The molecule has 1 N–H and O–H groups in total. The van der Waals surface area contributed by atoms with Crippen molar-refractivity contribution in [1.29, 1.82) is 0 Å². The third-order valence-corrected chi connectivity index (χ3v) is 3.44. The molecule has 0 bridgehead atoms. The number of carbonyl (C=O) groups is 1. The number of carboxylic acid groups (broad SMARTS) is 1. The lowest BCUT2D eigenvalue weighted by atomic mass is 9.97. The number of carboxylic acids is 1. The second-order valence-corrected chi connectivity index (χ2v) is 5.03. The van der Waals surface area contributed by atoms with Gasteiger partial charge in [0.2, 0.25) is 0 Å². The predicted octanol–water partition coefficient (Wildman–Crippen LogP) is 3.88. The maximum absolute atomic E-state index is 13.8. The van der Waals surface area contributed by atoms with E-state index in [0.717, 1.165) is 6.08 Å². The fourth-order valence-corrected chi connectivity index (χ4v) is 2.35. The van der Waals surface area contributed by atoms with Gasteiger partial charge in [-0.05, 0) is 24.3 Å². The Bertz CT molecular complexity index is 799. The summed E-state index contributed by atoms with van der Waals surface area (Å²) in [6.45, 7) is 0. The van der Waals surface area contributed by atoms with E-state index in [2.05, 4.69) is 0 Å². The second-order valence-electron chi connectivity index (χ2n) is 5.03. The van der Waals surface area contributed by atoms with Crippen molar-refractivity contribution in [2.75, 3.05) is 0 Å². The average Bonchev–Trinajstić information content (AvgIpc) is 2.54. The second kappa shape index (κ2) is 5.59. The van der Waals surface area contributed by atoms with Crippen LogP contribution in [-0.4, -0.2) is 23.0 Å². The summed E-state index contributed by atoms with van der Waals surface area (Å²) in [5.41, 5.74) is -0.816. The van der Waals surface area contributed by atoms with E-state index in [0.29, 0.717) is 0 Å². The summed E-state index contributed by atoms with van der Waals surface area (Å²) in [6.07, 6.45) is -4.21. The van der Waals surface area contributed by atoms with Crippen LogP contribution < -0.4 is 9.47 Å². The van der Waals surface area contributed by atoms with Crippen LogP contribution in [0.25, 0.3) is 6.08 Å². The first kappa shape index (κ1) is 15.9. The highest BCUT2D eigenvalue weighted by Gasteiger charge is 2.66. The summed E-state index contributed by atoms with van der Waals surface area (Å²) in [7, 11) is 0. The molecule has 124 valence electrons. The number of halogens is 3. The highest BCUT2D eigenvalue weighted by molar-refractivity contribution is 5.96. The van der Waals surface area contributed by atoms with Crippen molar-refractivity contribution in [3.63, 3.8) is 0 Å². The van der Waals surface area contributed by atoms with Crippen LogP contribution in [-0.2, 0) is 4.79 Å². The number of aliphatic carboxylic acids is 1. The molecule has 3 rings (SSSR count). The maximum atomic E-state index is 13.8. The number of benzene rings is 2. The minimum Gasteiger partial charge on any atom is -0.478 e. The minimum absolute atomic E-state index is 0.115. The minimum atomic E-state index is -5.12. The molecule has 0 amide bonds. The predicted molar refractivity (Wildman–Crippen MR) is 78.5 cm³/mol. The zero-order valence-corrected chi connectivity index (χ0v) is 12.1.